The van der Waals surface area contributed by atoms with Crippen LogP contribution in [0.5, 0.6) is 0 Å². The Balaban J connectivity index is 2.33. The second-order valence-corrected chi connectivity index (χ2v) is 4.37. The van der Waals surface area contributed by atoms with Gasteiger partial charge in [0.1, 0.15) is 11.9 Å². The number of anilines is 1. The number of hydrogen-bond donors (Lipinski definition) is 1. The van der Waals surface area contributed by atoms with Crippen molar-refractivity contribution in [3.63, 3.8) is 0 Å². The second kappa shape index (κ2) is 5.82. The molecule has 1 amide bonds. The number of aromatic nitrogens is 2. The Morgan fingerprint density at radius 3 is 2.75 bits per heavy atom. The quantitative estimate of drug-likeness (QED) is 0.924. The summed E-state index contributed by atoms with van der Waals surface area (Å²) < 4.78 is 13.0. The van der Waals surface area contributed by atoms with Gasteiger partial charge in [0.2, 0.25) is 0 Å². The fourth-order valence-corrected chi connectivity index (χ4v) is 1.74. The van der Waals surface area contributed by atoms with Crippen LogP contribution in [0.4, 0.5) is 10.1 Å². The van der Waals surface area contributed by atoms with Crippen LogP contribution < -0.4 is 5.32 Å². The Kier molecular flexibility index (Phi) is 4.13. The number of nitrogens with zero attached hydrogens (tertiary/aromatic N) is 3. The fraction of sp³-hybridized carbons (Fsp3) is 0. The molecular weight excluding hydrogens is 306 g/mol. The van der Waals surface area contributed by atoms with Gasteiger partial charge in [-0.05, 0) is 24.3 Å². The number of nitriles is 1. The van der Waals surface area contributed by atoms with Gasteiger partial charge in [-0.15, -0.1) is 10.2 Å². The highest BCUT2D eigenvalue weighted by molar-refractivity contribution is 6.34. The van der Waals surface area contributed by atoms with Crippen LogP contribution in [0.1, 0.15) is 15.9 Å². The van der Waals surface area contributed by atoms with Crippen molar-refractivity contribution in [2.75, 3.05) is 5.32 Å². The van der Waals surface area contributed by atoms with E-state index in [1.54, 1.807) is 6.07 Å². The average Bonchev–Trinajstić information content (AvgIpc) is 2.43. The zero-order valence-electron chi connectivity index (χ0n) is 9.69. The van der Waals surface area contributed by atoms with Gasteiger partial charge in [0.25, 0.3) is 5.91 Å². The third kappa shape index (κ3) is 3.02. The molecule has 0 saturated carbocycles. The third-order valence-electron chi connectivity index (χ3n) is 2.31. The van der Waals surface area contributed by atoms with E-state index in [0.29, 0.717) is 0 Å². The van der Waals surface area contributed by atoms with Gasteiger partial charge < -0.3 is 5.32 Å². The highest BCUT2D eigenvalue weighted by atomic mass is 35.5. The number of carbonyl (C=O) groups excluding carboxylic acids is 1. The van der Waals surface area contributed by atoms with Crippen LogP contribution in [-0.2, 0) is 0 Å². The molecule has 1 aromatic carbocycles. The molecule has 100 valence electrons. The number of benzene rings is 1. The Morgan fingerprint density at radius 2 is 2.05 bits per heavy atom. The molecule has 0 fully saturated rings. The van der Waals surface area contributed by atoms with E-state index >= 15 is 0 Å². The molecule has 0 radical (unpaired) electrons. The van der Waals surface area contributed by atoms with Crippen LogP contribution in [0.15, 0.2) is 24.3 Å². The van der Waals surface area contributed by atoms with Gasteiger partial charge in [-0.25, -0.2) is 4.39 Å². The van der Waals surface area contributed by atoms with Gasteiger partial charge in [0.05, 0.1) is 16.8 Å². The summed E-state index contributed by atoms with van der Waals surface area (Å²) >= 11 is 11.4. The minimum Gasteiger partial charge on any atom is -0.321 e. The molecular formula is C12H5Cl2FN4O. The lowest BCUT2D eigenvalue weighted by Gasteiger charge is -2.07. The van der Waals surface area contributed by atoms with Crippen molar-refractivity contribution in [3.8, 4) is 6.07 Å². The first-order valence-corrected chi connectivity index (χ1v) is 5.96. The molecule has 1 N–H and O–H groups in total. The van der Waals surface area contributed by atoms with Crippen molar-refractivity contribution in [2.24, 2.45) is 0 Å². The summed E-state index contributed by atoms with van der Waals surface area (Å²) in [5, 5.41) is 18.2. The SMILES string of the molecule is N#Cc1cc(F)ccc1NC(=O)c1cc(Cl)nnc1Cl. The zero-order chi connectivity index (χ0) is 14.7. The normalized spacial score (nSPS) is 9.90. The Bertz CT molecular complexity index is 730. The van der Waals surface area contributed by atoms with Crippen molar-refractivity contribution in [1.82, 2.24) is 10.2 Å². The summed E-state index contributed by atoms with van der Waals surface area (Å²) in [6, 6.07) is 6.42. The van der Waals surface area contributed by atoms with Crippen molar-refractivity contribution < 1.29 is 9.18 Å². The molecule has 0 atom stereocenters. The van der Waals surface area contributed by atoms with Gasteiger partial charge >= 0.3 is 0 Å². The van der Waals surface area contributed by atoms with E-state index in [2.05, 4.69) is 15.5 Å². The summed E-state index contributed by atoms with van der Waals surface area (Å²) in [7, 11) is 0. The largest absolute Gasteiger partial charge is 0.321 e. The lowest BCUT2D eigenvalue weighted by atomic mass is 10.2. The van der Waals surface area contributed by atoms with Crippen LogP contribution >= 0.6 is 23.2 Å². The van der Waals surface area contributed by atoms with E-state index in [0.717, 1.165) is 12.1 Å². The van der Waals surface area contributed by atoms with Gasteiger partial charge in [0.15, 0.2) is 10.3 Å². The van der Waals surface area contributed by atoms with E-state index in [9.17, 15) is 9.18 Å². The standard InChI is InChI=1S/C12H5Cl2FN4O/c13-10-4-8(11(14)19-18-10)12(20)17-9-2-1-7(15)3-6(9)5-16/h1-4H,(H,17,20). The van der Waals surface area contributed by atoms with Crippen molar-refractivity contribution in [2.45, 2.75) is 0 Å². The first kappa shape index (κ1) is 14.2. The second-order valence-electron chi connectivity index (χ2n) is 3.63. The Hall–Kier alpha value is -2.23. The van der Waals surface area contributed by atoms with Gasteiger partial charge in [-0.3, -0.25) is 4.79 Å². The molecule has 2 rings (SSSR count). The number of carbonyl (C=O) groups is 1. The predicted octanol–water partition coefficient (Wildman–Crippen LogP) is 3.05. The molecule has 1 heterocycles. The lowest BCUT2D eigenvalue weighted by Crippen LogP contribution is -2.14. The summed E-state index contributed by atoms with van der Waals surface area (Å²) in [6.07, 6.45) is 0. The minimum atomic E-state index is -0.630. The van der Waals surface area contributed by atoms with Crippen LogP contribution in [0.3, 0.4) is 0 Å². The number of nitrogens with one attached hydrogen (secondary N) is 1. The Labute approximate surface area is 123 Å². The van der Waals surface area contributed by atoms with Gasteiger partial charge in [0, 0.05) is 0 Å². The van der Waals surface area contributed by atoms with E-state index < -0.39 is 11.7 Å². The van der Waals surface area contributed by atoms with E-state index in [-0.39, 0.29) is 27.1 Å². The summed E-state index contributed by atoms with van der Waals surface area (Å²) in [5.41, 5.74) is 0.144. The number of rotatable bonds is 2. The minimum absolute atomic E-state index is 0.000110. The molecule has 2 aromatic rings. The molecule has 0 aliphatic heterocycles. The molecule has 20 heavy (non-hydrogen) atoms. The van der Waals surface area contributed by atoms with Crippen molar-refractivity contribution in [1.29, 1.82) is 5.26 Å². The van der Waals surface area contributed by atoms with E-state index in [4.69, 9.17) is 28.5 Å². The maximum atomic E-state index is 13.0. The zero-order valence-corrected chi connectivity index (χ0v) is 11.2. The van der Waals surface area contributed by atoms with Crippen LogP contribution in [0, 0.1) is 17.1 Å². The first-order chi connectivity index (χ1) is 9.51. The summed E-state index contributed by atoms with van der Waals surface area (Å²) in [5.74, 6) is -1.21. The smallest absolute Gasteiger partial charge is 0.259 e. The molecule has 1 aromatic heterocycles. The average molecular weight is 311 g/mol. The molecule has 0 aliphatic rings. The molecule has 0 spiro atoms. The monoisotopic (exact) mass is 310 g/mol. The molecule has 5 nitrogen and oxygen atoms in total. The van der Waals surface area contributed by atoms with Crippen molar-refractivity contribution in [3.05, 3.63) is 51.5 Å². The maximum absolute atomic E-state index is 13.0. The number of amides is 1. The van der Waals surface area contributed by atoms with Gasteiger partial charge in [-0.2, -0.15) is 5.26 Å². The highest BCUT2D eigenvalue weighted by Gasteiger charge is 2.15. The first-order valence-electron chi connectivity index (χ1n) is 5.21. The van der Waals surface area contributed by atoms with E-state index in [1.807, 2.05) is 0 Å². The van der Waals surface area contributed by atoms with Crippen molar-refractivity contribution >= 4 is 34.8 Å². The molecule has 8 heteroatoms. The number of hydrogen-bond acceptors (Lipinski definition) is 4. The van der Waals surface area contributed by atoms with E-state index in [1.165, 1.54) is 12.1 Å². The lowest BCUT2D eigenvalue weighted by molar-refractivity contribution is 0.102. The highest BCUT2D eigenvalue weighted by Crippen LogP contribution is 2.20. The summed E-state index contributed by atoms with van der Waals surface area (Å²) in [4.78, 5) is 12.0. The predicted molar refractivity (Wildman–Crippen MR) is 71.1 cm³/mol. The Morgan fingerprint density at radius 1 is 1.30 bits per heavy atom. The maximum Gasteiger partial charge on any atom is 0.259 e. The molecule has 0 aliphatic carbocycles. The molecule has 0 saturated heterocycles. The number of halogens is 3. The van der Waals surface area contributed by atoms with Crippen LogP contribution in [-0.4, -0.2) is 16.1 Å². The topological polar surface area (TPSA) is 78.7 Å². The third-order valence-corrected chi connectivity index (χ3v) is 2.78. The van der Waals surface area contributed by atoms with Gasteiger partial charge in [-0.1, -0.05) is 23.2 Å². The summed E-state index contributed by atoms with van der Waals surface area (Å²) in [6.45, 7) is 0. The molecule has 0 bridgehead atoms. The van der Waals surface area contributed by atoms with Crippen LogP contribution in [0.2, 0.25) is 10.3 Å². The fourth-order valence-electron chi connectivity index (χ4n) is 1.42. The van der Waals surface area contributed by atoms with Crippen LogP contribution in [0.25, 0.3) is 0 Å². The molecule has 0 unspecified atom stereocenters.